The number of hydrogen-bond donors (Lipinski definition) is 3. The second kappa shape index (κ2) is 3.56. The summed E-state index contributed by atoms with van der Waals surface area (Å²) in [7, 11) is 0. The Kier molecular flexibility index (Phi) is 2.68. The minimum Gasteiger partial charge on any atom is -0.398 e. The number of nitrogens with two attached hydrogens (primary N) is 2. The maximum Gasteiger partial charge on any atom is 0.0625 e. The molecule has 0 bridgehead atoms. The number of aryl methyl sites for hydroxylation is 1. The lowest BCUT2D eigenvalue weighted by Gasteiger charge is -2.11. The molecule has 0 aliphatic heterocycles. The lowest BCUT2D eigenvalue weighted by molar-refractivity contribution is 0.268. The van der Waals surface area contributed by atoms with Crippen molar-refractivity contribution in [2.24, 2.45) is 5.73 Å². The lowest BCUT2D eigenvalue weighted by atomic mass is 10.0. The molecular weight excluding hydrogens is 152 g/mol. The van der Waals surface area contributed by atoms with Crippen LogP contribution < -0.4 is 11.5 Å². The van der Waals surface area contributed by atoms with Gasteiger partial charge >= 0.3 is 0 Å². The number of aliphatic hydroxyl groups excluding tert-OH is 1. The van der Waals surface area contributed by atoms with E-state index in [1.54, 1.807) is 0 Å². The predicted molar refractivity (Wildman–Crippen MR) is 49.6 cm³/mol. The Labute approximate surface area is 72.0 Å². The summed E-state index contributed by atoms with van der Waals surface area (Å²) in [6.45, 7) is 1.89. The summed E-state index contributed by atoms with van der Waals surface area (Å²) < 4.78 is 0. The summed E-state index contributed by atoms with van der Waals surface area (Å²) in [6.07, 6.45) is 0. The zero-order chi connectivity index (χ0) is 9.14. The van der Waals surface area contributed by atoms with Crippen molar-refractivity contribution in [3.63, 3.8) is 0 Å². The van der Waals surface area contributed by atoms with Crippen LogP contribution in [0.4, 0.5) is 5.69 Å². The first-order chi connectivity index (χ1) is 5.65. The molecule has 5 N–H and O–H groups in total. The highest BCUT2D eigenvalue weighted by molar-refractivity contribution is 5.50. The SMILES string of the molecule is Cc1ccc([C@@H](N)CO)c(N)c1. The standard InChI is InChI=1S/C9H14N2O/c1-6-2-3-7(8(10)4-6)9(11)5-12/h2-4,9,12H,5,10-11H2,1H3/t9-/m0/s1. The average Bonchev–Trinajstić information content (AvgIpc) is 2.03. The van der Waals surface area contributed by atoms with Crippen molar-refractivity contribution in [2.45, 2.75) is 13.0 Å². The number of benzene rings is 1. The van der Waals surface area contributed by atoms with Crippen LogP contribution in [-0.4, -0.2) is 11.7 Å². The van der Waals surface area contributed by atoms with Gasteiger partial charge in [0.05, 0.1) is 12.6 Å². The van der Waals surface area contributed by atoms with Gasteiger partial charge in [0, 0.05) is 5.69 Å². The van der Waals surface area contributed by atoms with Crippen molar-refractivity contribution in [2.75, 3.05) is 12.3 Å². The van der Waals surface area contributed by atoms with E-state index in [1.165, 1.54) is 0 Å². The molecule has 66 valence electrons. The molecule has 3 nitrogen and oxygen atoms in total. The second-order valence-corrected chi connectivity index (χ2v) is 2.92. The van der Waals surface area contributed by atoms with Crippen LogP contribution in [0.2, 0.25) is 0 Å². The van der Waals surface area contributed by atoms with Crippen molar-refractivity contribution < 1.29 is 5.11 Å². The Bertz CT molecular complexity index is 273. The first-order valence-electron chi connectivity index (χ1n) is 3.87. The summed E-state index contributed by atoms with van der Waals surface area (Å²) in [5.41, 5.74) is 13.9. The molecule has 1 aromatic carbocycles. The molecule has 12 heavy (non-hydrogen) atoms. The van der Waals surface area contributed by atoms with Crippen LogP contribution >= 0.6 is 0 Å². The third-order valence-electron chi connectivity index (χ3n) is 1.84. The van der Waals surface area contributed by atoms with Crippen molar-refractivity contribution in [3.8, 4) is 0 Å². The molecule has 0 aliphatic carbocycles. The van der Waals surface area contributed by atoms with Crippen LogP contribution in [0.3, 0.4) is 0 Å². The van der Waals surface area contributed by atoms with Gasteiger partial charge in [-0.05, 0) is 24.1 Å². The monoisotopic (exact) mass is 166 g/mol. The first-order valence-corrected chi connectivity index (χ1v) is 3.87. The van der Waals surface area contributed by atoms with E-state index in [0.717, 1.165) is 11.1 Å². The van der Waals surface area contributed by atoms with Crippen molar-refractivity contribution in [1.82, 2.24) is 0 Å². The van der Waals surface area contributed by atoms with Crippen LogP contribution in [0, 0.1) is 6.92 Å². The van der Waals surface area contributed by atoms with Crippen LogP contribution in [-0.2, 0) is 0 Å². The highest BCUT2D eigenvalue weighted by Crippen LogP contribution is 2.19. The Hall–Kier alpha value is -1.06. The van der Waals surface area contributed by atoms with E-state index in [-0.39, 0.29) is 12.6 Å². The highest BCUT2D eigenvalue weighted by Gasteiger charge is 2.07. The summed E-state index contributed by atoms with van der Waals surface area (Å²) in [4.78, 5) is 0. The molecule has 1 aromatic rings. The summed E-state index contributed by atoms with van der Waals surface area (Å²) in [5.74, 6) is 0. The minimum atomic E-state index is -0.370. The van der Waals surface area contributed by atoms with Crippen molar-refractivity contribution in [1.29, 1.82) is 0 Å². The molecule has 0 saturated carbocycles. The third-order valence-corrected chi connectivity index (χ3v) is 1.84. The molecule has 0 amide bonds. The molecule has 3 heteroatoms. The number of aliphatic hydroxyl groups is 1. The van der Waals surface area contributed by atoms with Crippen LogP contribution in [0.5, 0.6) is 0 Å². The molecule has 0 aromatic heterocycles. The maximum atomic E-state index is 8.80. The maximum absolute atomic E-state index is 8.80. The summed E-state index contributed by atoms with van der Waals surface area (Å²) >= 11 is 0. The van der Waals surface area contributed by atoms with Gasteiger partial charge in [-0.3, -0.25) is 0 Å². The zero-order valence-electron chi connectivity index (χ0n) is 7.12. The number of nitrogen functional groups attached to an aromatic ring is 1. The molecule has 0 heterocycles. The predicted octanol–water partition coefficient (Wildman–Crippen LogP) is 0.569. The lowest BCUT2D eigenvalue weighted by Crippen LogP contribution is -2.16. The van der Waals surface area contributed by atoms with E-state index in [2.05, 4.69) is 0 Å². The molecule has 0 spiro atoms. The van der Waals surface area contributed by atoms with E-state index < -0.39 is 0 Å². The smallest absolute Gasteiger partial charge is 0.0625 e. The van der Waals surface area contributed by atoms with Crippen LogP contribution in [0.25, 0.3) is 0 Å². The van der Waals surface area contributed by atoms with Crippen molar-refractivity contribution >= 4 is 5.69 Å². The molecule has 1 rings (SSSR count). The number of rotatable bonds is 2. The van der Waals surface area contributed by atoms with E-state index in [4.69, 9.17) is 16.6 Å². The molecule has 0 unspecified atom stereocenters. The van der Waals surface area contributed by atoms with Gasteiger partial charge in [0.2, 0.25) is 0 Å². The number of anilines is 1. The Morgan fingerprint density at radius 2 is 2.17 bits per heavy atom. The van der Waals surface area contributed by atoms with Gasteiger partial charge in [-0.25, -0.2) is 0 Å². The van der Waals surface area contributed by atoms with Gasteiger partial charge < -0.3 is 16.6 Å². The zero-order valence-corrected chi connectivity index (χ0v) is 7.12. The fourth-order valence-corrected chi connectivity index (χ4v) is 1.13. The largest absolute Gasteiger partial charge is 0.398 e. The van der Waals surface area contributed by atoms with Crippen LogP contribution in [0.1, 0.15) is 17.2 Å². The Morgan fingerprint density at radius 3 is 2.67 bits per heavy atom. The van der Waals surface area contributed by atoms with Gasteiger partial charge in [0.1, 0.15) is 0 Å². The normalized spacial score (nSPS) is 12.9. The van der Waals surface area contributed by atoms with Gasteiger partial charge in [-0.2, -0.15) is 0 Å². The number of hydrogen-bond acceptors (Lipinski definition) is 3. The van der Waals surface area contributed by atoms with E-state index in [0.29, 0.717) is 5.69 Å². The van der Waals surface area contributed by atoms with Gasteiger partial charge in [0.25, 0.3) is 0 Å². The second-order valence-electron chi connectivity index (χ2n) is 2.92. The van der Waals surface area contributed by atoms with E-state index in [9.17, 15) is 0 Å². The third kappa shape index (κ3) is 1.75. The molecule has 0 radical (unpaired) electrons. The van der Waals surface area contributed by atoms with Gasteiger partial charge in [-0.15, -0.1) is 0 Å². The van der Waals surface area contributed by atoms with E-state index in [1.807, 2.05) is 25.1 Å². The molecule has 0 saturated heterocycles. The summed E-state index contributed by atoms with van der Waals surface area (Å²) in [6, 6.07) is 5.27. The minimum absolute atomic E-state index is 0.0761. The Balaban J connectivity index is 3.01. The van der Waals surface area contributed by atoms with Crippen molar-refractivity contribution in [3.05, 3.63) is 29.3 Å². The quantitative estimate of drug-likeness (QED) is 0.562. The fraction of sp³-hybridized carbons (Fsp3) is 0.333. The molecule has 1 atom stereocenters. The molecule has 0 fully saturated rings. The molecular formula is C9H14N2O. The van der Waals surface area contributed by atoms with Gasteiger partial charge in [0.15, 0.2) is 0 Å². The summed E-state index contributed by atoms with van der Waals surface area (Å²) in [5, 5.41) is 8.80. The average molecular weight is 166 g/mol. The highest BCUT2D eigenvalue weighted by atomic mass is 16.3. The van der Waals surface area contributed by atoms with E-state index >= 15 is 0 Å². The van der Waals surface area contributed by atoms with Crippen LogP contribution in [0.15, 0.2) is 18.2 Å². The Morgan fingerprint density at radius 1 is 1.50 bits per heavy atom. The fourth-order valence-electron chi connectivity index (χ4n) is 1.13. The topological polar surface area (TPSA) is 72.3 Å². The van der Waals surface area contributed by atoms with Gasteiger partial charge in [-0.1, -0.05) is 12.1 Å². The first kappa shape index (κ1) is 9.03. The molecule has 0 aliphatic rings.